The van der Waals surface area contributed by atoms with E-state index in [-0.39, 0.29) is 41.1 Å². The highest BCUT2D eigenvalue weighted by molar-refractivity contribution is 5.99. The van der Waals surface area contributed by atoms with Crippen molar-refractivity contribution in [1.82, 2.24) is 15.1 Å². The van der Waals surface area contributed by atoms with E-state index in [2.05, 4.69) is 15.1 Å². The summed E-state index contributed by atoms with van der Waals surface area (Å²) in [6.07, 6.45) is 0. The number of piperazine rings is 1. The molecule has 5 rings (SSSR count). The summed E-state index contributed by atoms with van der Waals surface area (Å²) in [5.74, 6) is -2.90. The Morgan fingerprint density at radius 2 is 1.45 bits per heavy atom. The Kier molecular flexibility index (Phi) is 10.4. The highest BCUT2D eigenvalue weighted by Gasteiger charge is 2.38. The van der Waals surface area contributed by atoms with Crippen LogP contribution in [0.4, 0.5) is 14.5 Å². The standard InChI is InChI=1S/C35H36F2N4O6/c1-22-30(34(42)46-3)32(26-5-4-6-29(21-26)41(44)45)31(23(2)38-22)35(43)47-20-19-39-15-17-40(18-16-39)33(24-7-11-27(36)12-8-24)25-9-13-28(37)14-10-25/h4-14,21,32-33,38H,15-20H2,1-3H3. The number of allylic oxidation sites excluding steroid dienone is 2. The van der Waals surface area contributed by atoms with E-state index < -0.39 is 22.8 Å². The zero-order chi connectivity index (χ0) is 33.7. The maximum absolute atomic E-state index is 13.7. The molecule has 0 aliphatic carbocycles. The number of hydrogen-bond acceptors (Lipinski definition) is 9. The van der Waals surface area contributed by atoms with Crippen LogP contribution in [0.2, 0.25) is 0 Å². The van der Waals surface area contributed by atoms with Gasteiger partial charge in [0, 0.05) is 56.3 Å². The molecule has 0 radical (unpaired) electrons. The number of nitro benzene ring substituents is 1. The second-order valence-corrected chi connectivity index (χ2v) is 11.5. The number of nitrogens with one attached hydrogen (secondary N) is 1. The Hall–Kier alpha value is -4.94. The van der Waals surface area contributed by atoms with Crippen molar-refractivity contribution < 1.29 is 32.8 Å². The van der Waals surface area contributed by atoms with Crippen molar-refractivity contribution >= 4 is 17.6 Å². The van der Waals surface area contributed by atoms with Crippen LogP contribution in [0, 0.1) is 21.7 Å². The first-order valence-corrected chi connectivity index (χ1v) is 15.2. The number of ether oxygens (including phenoxy) is 2. The van der Waals surface area contributed by atoms with Crippen LogP contribution in [-0.2, 0) is 19.1 Å². The topological polar surface area (TPSA) is 114 Å². The SMILES string of the molecule is COC(=O)C1=C(C)NC(C)=C(C(=O)OCCN2CCN(C(c3ccc(F)cc3)c3ccc(F)cc3)CC2)C1c1cccc([N+](=O)[O-])c1. The molecule has 0 bridgehead atoms. The van der Waals surface area contributed by atoms with Gasteiger partial charge in [-0.15, -0.1) is 0 Å². The van der Waals surface area contributed by atoms with E-state index in [0.29, 0.717) is 49.7 Å². The van der Waals surface area contributed by atoms with Gasteiger partial charge in [-0.2, -0.15) is 0 Å². The van der Waals surface area contributed by atoms with Crippen molar-refractivity contribution in [2.24, 2.45) is 0 Å². The van der Waals surface area contributed by atoms with Gasteiger partial charge in [0.1, 0.15) is 18.2 Å². The van der Waals surface area contributed by atoms with Crippen molar-refractivity contribution in [3.05, 3.63) is 134 Å². The normalized spacial score (nSPS) is 17.4. The lowest BCUT2D eigenvalue weighted by Crippen LogP contribution is -2.48. The second kappa shape index (κ2) is 14.7. The van der Waals surface area contributed by atoms with Crippen molar-refractivity contribution in [1.29, 1.82) is 0 Å². The number of methoxy groups -OCH3 is 1. The fourth-order valence-corrected chi connectivity index (χ4v) is 6.29. The molecule has 2 aliphatic heterocycles. The van der Waals surface area contributed by atoms with E-state index in [1.165, 1.54) is 49.6 Å². The predicted molar refractivity (Wildman–Crippen MR) is 170 cm³/mol. The third-order valence-corrected chi connectivity index (χ3v) is 8.58. The first-order chi connectivity index (χ1) is 22.6. The minimum atomic E-state index is -0.936. The van der Waals surface area contributed by atoms with Crippen molar-refractivity contribution in [3.63, 3.8) is 0 Å². The highest BCUT2D eigenvalue weighted by Crippen LogP contribution is 2.40. The molecule has 10 nitrogen and oxygen atoms in total. The molecule has 3 aromatic rings. The number of dihydropyridines is 1. The second-order valence-electron chi connectivity index (χ2n) is 11.5. The molecule has 1 saturated heterocycles. The fourth-order valence-electron chi connectivity index (χ4n) is 6.29. The van der Waals surface area contributed by atoms with Gasteiger partial charge >= 0.3 is 11.9 Å². The van der Waals surface area contributed by atoms with Crippen LogP contribution in [0.5, 0.6) is 0 Å². The molecular weight excluding hydrogens is 610 g/mol. The number of nitro groups is 1. The third kappa shape index (κ3) is 7.55. The van der Waals surface area contributed by atoms with Crippen LogP contribution < -0.4 is 5.32 Å². The molecule has 246 valence electrons. The Bertz CT molecular complexity index is 1650. The van der Waals surface area contributed by atoms with Gasteiger partial charge in [-0.05, 0) is 54.8 Å². The molecule has 3 aromatic carbocycles. The summed E-state index contributed by atoms with van der Waals surface area (Å²) in [7, 11) is 1.23. The average Bonchev–Trinajstić information content (AvgIpc) is 3.06. The van der Waals surface area contributed by atoms with E-state index in [1.54, 1.807) is 44.2 Å². The number of hydrogen-bond donors (Lipinski definition) is 1. The molecular formula is C35H36F2N4O6. The molecule has 0 spiro atoms. The summed E-state index contributed by atoms with van der Waals surface area (Å²) in [5, 5.41) is 14.6. The first-order valence-electron chi connectivity index (χ1n) is 15.2. The predicted octanol–water partition coefficient (Wildman–Crippen LogP) is 5.23. The largest absolute Gasteiger partial charge is 0.466 e. The molecule has 0 amide bonds. The number of carbonyl (C=O) groups excluding carboxylic acids is 2. The number of rotatable bonds is 10. The number of nitrogens with zero attached hydrogens (tertiary/aromatic N) is 3. The number of benzene rings is 3. The fraction of sp³-hybridized carbons (Fsp3) is 0.314. The van der Waals surface area contributed by atoms with Gasteiger partial charge in [0.05, 0.1) is 35.1 Å². The average molecular weight is 647 g/mol. The molecule has 2 heterocycles. The molecule has 0 aromatic heterocycles. The van der Waals surface area contributed by atoms with Crippen molar-refractivity contribution in [3.8, 4) is 0 Å². The molecule has 1 unspecified atom stereocenters. The van der Waals surface area contributed by atoms with E-state index in [1.807, 2.05) is 0 Å². The Morgan fingerprint density at radius 1 is 0.894 bits per heavy atom. The molecule has 12 heteroatoms. The van der Waals surface area contributed by atoms with Crippen LogP contribution in [0.3, 0.4) is 0 Å². The summed E-state index contributed by atoms with van der Waals surface area (Å²) in [4.78, 5) is 41.9. The van der Waals surface area contributed by atoms with Gasteiger partial charge < -0.3 is 14.8 Å². The van der Waals surface area contributed by atoms with Gasteiger partial charge in [0.2, 0.25) is 0 Å². The Labute approximate surface area is 271 Å². The minimum Gasteiger partial charge on any atom is -0.466 e. The summed E-state index contributed by atoms with van der Waals surface area (Å²) in [6.45, 7) is 6.58. The minimum absolute atomic E-state index is 0.0763. The Morgan fingerprint density at radius 3 is 1.98 bits per heavy atom. The molecule has 1 fully saturated rings. The zero-order valence-corrected chi connectivity index (χ0v) is 26.4. The number of non-ortho nitro benzene ring substituents is 1. The van der Waals surface area contributed by atoms with E-state index in [0.717, 1.165) is 11.1 Å². The van der Waals surface area contributed by atoms with Gasteiger partial charge in [-0.25, -0.2) is 18.4 Å². The smallest absolute Gasteiger partial charge is 0.336 e. The molecule has 47 heavy (non-hydrogen) atoms. The van der Waals surface area contributed by atoms with Gasteiger partial charge in [0.15, 0.2) is 0 Å². The number of carbonyl (C=O) groups is 2. The monoisotopic (exact) mass is 646 g/mol. The molecule has 1 N–H and O–H groups in total. The van der Waals surface area contributed by atoms with Gasteiger partial charge in [-0.3, -0.25) is 19.9 Å². The van der Waals surface area contributed by atoms with Crippen LogP contribution >= 0.6 is 0 Å². The zero-order valence-electron chi connectivity index (χ0n) is 26.4. The summed E-state index contributed by atoms with van der Waals surface area (Å²) in [5.41, 5.74) is 3.30. The number of esters is 2. The lowest BCUT2D eigenvalue weighted by atomic mass is 9.80. The maximum atomic E-state index is 13.7. The Balaban J connectivity index is 1.26. The third-order valence-electron chi connectivity index (χ3n) is 8.58. The quantitative estimate of drug-likeness (QED) is 0.180. The molecule has 2 aliphatic rings. The van der Waals surface area contributed by atoms with E-state index >= 15 is 0 Å². The van der Waals surface area contributed by atoms with Crippen molar-refractivity contribution in [2.45, 2.75) is 25.8 Å². The molecule has 1 atom stereocenters. The van der Waals surface area contributed by atoms with E-state index in [9.17, 15) is 28.5 Å². The van der Waals surface area contributed by atoms with Crippen LogP contribution in [0.1, 0.15) is 42.5 Å². The summed E-state index contributed by atoms with van der Waals surface area (Å²) >= 11 is 0. The highest BCUT2D eigenvalue weighted by atomic mass is 19.1. The van der Waals surface area contributed by atoms with Gasteiger partial charge in [0.25, 0.3) is 5.69 Å². The number of halogens is 2. The van der Waals surface area contributed by atoms with Crippen LogP contribution in [-0.4, -0.2) is 73.1 Å². The lowest BCUT2D eigenvalue weighted by molar-refractivity contribution is -0.384. The summed E-state index contributed by atoms with van der Waals surface area (Å²) in [6, 6.07) is 18.3. The maximum Gasteiger partial charge on any atom is 0.336 e. The van der Waals surface area contributed by atoms with Gasteiger partial charge in [-0.1, -0.05) is 36.4 Å². The first kappa shape index (κ1) is 33.4. The summed E-state index contributed by atoms with van der Waals surface area (Å²) < 4.78 is 38.2. The van der Waals surface area contributed by atoms with Crippen LogP contribution in [0.25, 0.3) is 0 Å². The van der Waals surface area contributed by atoms with E-state index in [4.69, 9.17) is 9.47 Å². The van der Waals surface area contributed by atoms with Crippen LogP contribution in [0.15, 0.2) is 95.3 Å². The van der Waals surface area contributed by atoms with Crippen molar-refractivity contribution in [2.75, 3.05) is 46.4 Å². The lowest BCUT2D eigenvalue weighted by Gasteiger charge is -2.39. The molecule has 0 saturated carbocycles.